The van der Waals surface area contributed by atoms with E-state index in [1.807, 2.05) is 0 Å². The van der Waals surface area contributed by atoms with Crippen molar-refractivity contribution in [2.24, 2.45) is 0 Å². The molecule has 3 nitrogen and oxygen atoms in total. The van der Waals surface area contributed by atoms with Gasteiger partial charge in [-0.2, -0.15) is 4.31 Å². The van der Waals surface area contributed by atoms with Gasteiger partial charge in [-0.3, -0.25) is 0 Å². The van der Waals surface area contributed by atoms with Crippen LogP contribution in [0.5, 0.6) is 0 Å². The fourth-order valence-electron chi connectivity index (χ4n) is 2.34. The summed E-state index contributed by atoms with van der Waals surface area (Å²) in [7, 11) is -3.74. The molecule has 1 aromatic carbocycles. The molecule has 1 heterocycles. The molecule has 0 amide bonds. The summed E-state index contributed by atoms with van der Waals surface area (Å²) in [5, 5.41) is 0.228. The Kier molecular flexibility index (Phi) is 5.65. The van der Waals surface area contributed by atoms with Crippen LogP contribution in [-0.2, 0) is 10.0 Å². The van der Waals surface area contributed by atoms with Crippen molar-refractivity contribution in [2.45, 2.75) is 30.2 Å². The molecule has 1 fully saturated rings. The maximum atomic E-state index is 12.8. The van der Waals surface area contributed by atoms with Gasteiger partial charge in [0.15, 0.2) is 0 Å². The van der Waals surface area contributed by atoms with E-state index in [9.17, 15) is 8.42 Å². The van der Waals surface area contributed by atoms with E-state index in [1.165, 1.54) is 16.4 Å². The lowest BCUT2D eigenvalue weighted by Crippen LogP contribution is -2.44. The van der Waals surface area contributed by atoms with Crippen molar-refractivity contribution in [1.29, 1.82) is 0 Å². The number of sulfonamides is 1. The van der Waals surface area contributed by atoms with Crippen molar-refractivity contribution in [3.8, 4) is 0 Å². The minimum absolute atomic E-state index is 0.0407. The predicted octanol–water partition coefficient (Wildman–Crippen LogP) is 4.54. The van der Waals surface area contributed by atoms with Crippen LogP contribution in [0, 0.1) is 0 Å². The van der Waals surface area contributed by atoms with Crippen molar-refractivity contribution in [3.63, 3.8) is 0 Å². The number of rotatable bonds is 3. The molecule has 0 bridgehead atoms. The predicted molar refractivity (Wildman–Crippen MR) is 86.4 cm³/mol. The van der Waals surface area contributed by atoms with Gasteiger partial charge in [0.1, 0.15) is 4.90 Å². The number of hydrogen-bond acceptors (Lipinski definition) is 2. The van der Waals surface area contributed by atoms with Crippen molar-refractivity contribution in [1.82, 2.24) is 4.31 Å². The molecule has 0 aromatic heterocycles. The molecule has 1 atom stereocenters. The van der Waals surface area contributed by atoms with Gasteiger partial charge in [0.05, 0.1) is 10.0 Å². The quantitative estimate of drug-likeness (QED) is 0.672. The molecule has 112 valence electrons. The van der Waals surface area contributed by atoms with Crippen LogP contribution in [0.2, 0.25) is 10.0 Å². The third-order valence-electron chi connectivity index (χ3n) is 3.28. The van der Waals surface area contributed by atoms with E-state index < -0.39 is 10.0 Å². The van der Waals surface area contributed by atoms with E-state index >= 15 is 0 Å². The summed E-state index contributed by atoms with van der Waals surface area (Å²) in [5.74, 6) is 0.269. The zero-order chi connectivity index (χ0) is 14.9. The van der Waals surface area contributed by atoms with Gasteiger partial charge in [-0.15, -0.1) is 11.6 Å². The van der Waals surface area contributed by atoms with Crippen LogP contribution in [0.4, 0.5) is 0 Å². The largest absolute Gasteiger partial charge is 0.246 e. The second-order valence-electron chi connectivity index (χ2n) is 4.62. The lowest BCUT2D eigenvalue weighted by molar-refractivity contribution is 0.271. The molecular formula is C12H13BrCl3NO2S. The Morgan fingerprint density at radius 3 is 2.40 bits per heavy atom. The highest BCUT2D eigenvalue weighted by molar-refractivity contribution is 9.10. The van der Waals surface area contributed by atoms with E-state index in [2.05, 4.69) is 15.9 Å². The first-order chi connectivity index (χ1) is 9.37. The Bertz CT molecular complexity index is 586. The fourth-order valence-corrected chi connectivity index (χ4v) is 6.32. The Morgan fingerprint density at radius 2 is 1.85 bits per heavy atom. The highest BCUT2D eigenvalue weighted by Gasteiger charge is 2.35. The van der Waals surface area contributed by atoms with Crippen LogP contribution >= 0.6 is 50.7 Å². The minimum atomic E-state index is -3.74. The summed E-state index contributed by atoms with van der Waals surface area (Å²) in [6, 6.07) is 2.85. The normalized spacial score (nSPS) is 21.1. The molecule has 8 heteroatoms. The molecule has 0 radical (unpaired) electrons. The van der Waals surface area contributed by atoms with Gasteiger partial charge >= 0.3 is 0 Å². The van der Waals surface area contributed by atoms with Gasteiger partial charge in [0, 0.05) is 22.9 Å². The van der Waals surface area contributed by atoms with Crippen LogP contribution < -0.4 is 0 Å². The topological polar surface area (TPSA) is 37.4 Å². The van der Waals surface area contributed by atoms with Crippen molar-refractivity contribution in [3.05, 3.63) is 26.7 Å². The smallest absolute Gasteiger partial charge is 0.207 e. The van der Waals surface area contributed by atoms with Gasteiger partial charge in [0.2, 0.25) is 10.0 Å². The molecule has 2 rings (SSSR count). The maximum absolute atomic E-state index is 12.8. The lowest BCUT2D eigenvalue weighted by atomic mass is 10.1. The zero-order valence-corrected chi connectivity index (χ0v) is 15.1. The number of alkyl halides is 1. The first-order valence-corrected chi connectivity index (χ1v) is 9.62. The van der Waals surface area contributed by atoms with E-state index in [0.29, 0.717) is 11.0 Å². The molecule has 1 aliphatic heterocycles. The van der Waals surface area contributed by atoms with E-state index in [4.69, 9.17) is 34.8 Å². The Hall–Kier alpha value is 0.480. The summed E-state index contributed by atoms with van der Waals surface area (Å²) < 4.78 is 27.6. The molecule has 0 aliphatic carbocycles. The molecule has 1 aliphatic rings. The molecule has 0 N–H and O–H groups in total. The second-order valence-corrected chi connectivity index (χ2v) is 8.48. The van der Waals surface area contributed by atoms with Gasteiger partial charge in [-0.25, -0.2) is 8.42 Å². The molecular weight excluding hydrogens is 408 g/mol. The van der Waals surface area contributed by atoms with Crippen LogP contribution in [0.25, 0.3) is 0 Å². The van der Waals surface area contributed by atoms with Gasteiger partial charge < -0.3 is 0 Å². The number of piperidine rings is 1. The second kappa shape index (κ2) is 6.71. The fraction of sp³-hybridized carbons (Fsp3) is 0.500. The standard InChI is InChI=1S/C12H13BrCl3NO2S/c13-8-5-10(15)12(11(16)6-8)20(18,19)17-4-2-1-3-9(17)7-14/h5-6,9H,1-4,7H2. The first kappa shape index (κ1) is 16.8. The van der Waals surface area contributed by atoms with Gasteiger partial charge in [0.25, 0.3) is 0 Å². The van der Waals surface area contributed by atoms with Gasteiger partial charge in [-0.1, -0.05) is 45.6 Å². The van der Waals surface area contributed by atoms with Gasteiger partial charge in [-0.05, 0) is 25.0 Å². The molecule has 1 unspecified atom stereocenters. The number of benzene rings is 1. The van der Waals surface area contributed by atoms with Crippen LogP contribution in [0.1, 0.15) is 19.3 Å². The SMILES string of the molecule is O=S(=O)(c1c(Cl)cc(Br)cc1Cl)N1CCCCC1CCl. The highest BCUT2D eigenvalue weighted by Crippen LogP contribution is 2.36. The third kappa shape index (κ3) is 3.28. The van der Waals surface area contributed by atoms with E-state index in [1.54, 1.807) is 0 Å². The summed E-state index contributed by atoms with van der Waals surface area (Å²) in [4.78, 5) is -0.0407. The lowest BCUT2D eigenvalue weighted by Gasteiger charge is -2.33. The van der Waals surface area contributed by atoms with Crippen molar-refractivity contribution < 1.29 is 8.42 Å². The monoisotopic (exact) mass is 419 g/mol. The Morgan fingerprint density at radius 1 is 1.25 bits per heavy atom. The summed E-state index contributed by atoms with van der Waals surface area (Å²) >= 11 is 21.3. The average Bonchev–Trinajstić information content (AvgIpc) is 2.37. The zero-order valence-electron chi connectivity index (χ0n) is 10.5. The van der Waals surface area contributed by atoms with Crippen molar-refractivity contribution >= 4 is 60.8 Å². The average molecular weight is 422 g/mol. The molecule has 1 saturated heterocycles. The third-order valence-corrected chi connectivity index (χ3v) is 6.97. The Balaban J connectivity index is 2.49. The van der Waals surface area contributed by atoms with E-state index in [-0.39, 0.29) is 26.9 Å². The number of halogens is 4. The summed E-state index contributed by atoms with van der Waals surface area (Å²) in [6.45, 7) is 0.447. The molecule has 0 saturated carbocycles. The highest BCUT2D eigenvalue weighted by atomic mass is 79.9. The summed E-state index contributed by atoms with van der Waals surface area (Å²) in [5.41, 5.74) is 0. The molecule has 1 aromatic rings. The molecule has 0 spiro atoms. The van der Waals surface area contributed by atoms with Crippen LogP contribution in [0.15, 0.2) is 21.5 Å². The van der Waals surface area contributed by atoms with Crippen LogP contribution in [0.3, 0.4) is 0 Å². The maximum Gasteiger partial charge on any atom is 0.246 e. The van der Waals surface area contributed by atoms with Crippen LogP contribution in [-0.4, -0.2) is 31.2 Å². The van der Waals surface area contributed by atoms with Crippen molar-refractivity contribution in [2.75, 3.05) is 12.4 Å². The minimum Gasteiger partial charge on any atom is -0.207 e. The Labute approximate surface area is 142 Å². The number of nitrogens with zero attached hydrogens (tertiary/aromatic N) is 1. The summed E-state index contributed by atoms with van der Waals surface area (Å²) in [6.07, 6.45) is 2.55. The molecule has 20 heavy (non-hydrogen) atoms. The first-order valence-electron chi connectivity index (χ1n) is 6.10. The number of hydrogen-bond donors (Lipinski definition) is 0. The van der Waals surface area contributed by atoms with E-state index in [0.717, 1.165) is 19.3 Å².